The Morgan fingerprint density at radius 3 is 1.48 bits per heavy atom. The van der Waals surface area contributed by atoms with Crippen molar-refractivity contribution in [2.24, 2.45) is 0 Å². The van der Waals surface area contributed by atoms with Crippen LogP contribution in [0.5, 0.6) is 11.5 Å². The molecule has 0 radical (unpaired) electrons. The van der Waals surface area contributed by atoms with Crippen molar-refractivity contribution in [3.63, 3.8) is 0 Å². The number of carbonyl (C=O) groups is 2. The molecule has 0 aliphatic heterocycles. The zero-order valence-electron chi connectivity index (χ0n) is 29.9. The Morgan fingerprint density at radius 1 is 0.621 bits per heavy atom. The van der Waals surface area contributed by atoms with Gasteiger partial charge in [0.2, 0.25) is 11.7 Å². The lowest BCUT2D eigenvalue weighted by Gasteiger charge is -2.27. The van der Waals surface area contributed by atoms with Crippen LogP contribution >= 0.6 is 23.2 Å². The molecule has 14 heteroatoms. The van der Waals surface area contributed by atoms with Crippen LogP contribution in [0.1, 0.15) is 39.0 Å². The van der Waals surface area contributed by atoms with Crippen LogP contribution in [0, 0.1) is 0 Å². The van der Waals surface area contributed by atoms with Crippen molar-refractivity contribution >= 4 is 57.2 Å². The lowest BCUT2D eigenvalue weighted by atomic mass is 9.96. The van der Waals surface area contributed by atoms with Crippen molar-refractivity contribution in [1.82, 2.24) is 30.0 Å². The third-order valence-corrected chi connectivity index (χ3v) is 9.13. The van der Waals surface area contributed by atoms with Gasteiger partial charge < -0.3 is 19.3 Å². The number of benzene rings is 6. The fourth-order valence-electron chi connectivity index (χ4n) is 5.73. The molecule has 0 aliphatic rings. The van der Waals surface area contributed by atoms with E-state index in [0.717, 1.165) is 11.0 Å². The number of carbonyl (C=O) groups excluding carboxylic acids is 1. The van der Waals surface area contributed by atoms with E-state index >= 15 is 0 Å². The molecule has 2 aromatic heterocycles. The molecule has 1 N–H and O–H groups in total. The van der Waals surface area contributed by atoms with Gasteiger partial charge in [0, 0.05) is 21.2 Å². The van der Waals surface area contributed by atoms with Gasteiger partial charge in [-0.1, -0.05) is 123 Å². The van der Waals surface area contributed by atoms with Crippen molar-refractivity contribution in [3.05, 3.63) is 167 Å². The van der Waals surface area contributed by atoms with E-state index < -0.39 is 23.6 Å². The first-order chi connectivity index (χ1) is 27.1. The highest BCUT2D eigenvalue weighted by atomic mass is 35.5. The molecule has 12 nitrogen and oxygen atoms in total. The van der Waals surface area contributed by atoms with Crippen molar-refractivity contribution in [3.8, 4) is 22.9 Å². The van der Waals surface area contributed by atoms with Crippen LogP contribution in [0.25, 0.3) is 33.4 Å². The number of carboxylic acids is 1. The summed E-state index contributed by atoms with van der Waals surface area (Å²) >= 11 is 12.4. The molecular weight excluding hydrogens is 779 g/mol. The first kappa shape index (κ1) is 42.4. The Bertz CT molecular complexity index is 2590. The fourth-order valence-corrected chi connectivity index (χ4v) is 6.06. The molecule has 2 heterocycles. The van der Waals surface area contributed by atoms with E-state index in [2.05, 4.69) is 20.4 Å². The summed E-state index contributed by atoms with van der Waals surface area (Å²) in [6.45, 7) is 1.51. The highest BCUT2D eigenvalue weighted by molar-refractivity contribution is 6.31. The Kier molecular flexibility index (Phi) is 13.5. The fraction of sp³-hybridized carbons (Fsp3) is 0.136. The van der Waals surface area contributed by atoms with E-state index in [1.807, 2.05) is 72.8 Å². The highest BCUT2D eigenvalue weighted by Crippen LogP contribution is 2.35. The average Bonchev–Trinajstić information content (AvgIpc) is 3.86. The maximum Gasteiger partial charge on any atom is 0.352 e. The number of rotatable bonds is 10. The number of hydrogen-bond acceptors (Lipinski definition) is 9. The maximum atomic E-state index is 12.4. The zero-order chi connectivity index (χ0) is 39.2. The number of aromatic nitrogens is 6. The first-order valence-corrected chi connectivity index (χ1v) is 17.9. The second-order valence-corrected chi connectivity index (χ2v) is 13.3. The second-order valence-electron chi connectivity index (χ2n) is 12.4. The Hall–Kier alpha value is -6.76. The minimum absolute atomic E-state index is 0. The number of ether oxygens (including phenoxy) is 3. The summed E-state index contributed by atoms with van der Waals surface area (Å²) in [6, 6.07) is 42.8. The van der Waals surface area contributed by atoms with Crippen LogP contribution in [-0.2, 0) is 19.9 Å². The summed E-state index contributed by atoms with van der Waals surface area (Å²) in [7, 11) is 1.33. The van der Waals surface area contributed by atoms with Crippen molar-refractivity contribution < 1.29 is 28.9 Å². The van der Waals surface area contributed by atoms with Gasteiger partial charge in [0.05, 0.1) is 7.11 Å². The van der Waals surface area contributed by atoms with Crippen LogP contribution in [-0.4, -0.2) is 54.1 Å². The molecule has 0 spiro atoms. The molecule has 6 aromatic carbocycles. The lowest BCUT2D eigenvalue weighted by Crippen LogP contribution is -2.38. The molecular formula is C44H40Cl2N6O6. The SMILES string of the molecule is C.C.CC(Oc1ccc(Cl)cc1-n1nc2ccccc2n1)(C(=O)O)c1ccccc1.COC(=O)C(Oc1ccc(Cl)cc1-n1nc2ccccc2n1)c1ccccc1. The number of hydrogen-bond donors (Lipinski definition) is 1. The second kappa shape index (κ2) is 18.5. The third-order valence-electron chi connectivity index (χ3n) is 8.66. The van der Waals surface area contributed by atoms with E-state index in [0.29, 0.717) is 55.1 Å². The summed E-state index contributed by atoms with van der Waals surface area (Å²) in [5.74, 6) is -0.911. The molecule has 58 heavy (non-hydrogen) atoms. The molecule has 2 atom stereocenters. The number of esters is 1. The normalized spacial score (nSPS) is 12.1. The number of nitrogens with zero attached hydrogens (tertiary/aromatic N) is 6. The number of halogens is 2. The highest BCUT2D eigenvalue weighted by Gasteiger charge is 2.38. The van der Waals surface area contributed by atoms with Gasteiger partial charge in [-0.2, -0.15) is 0 Å². The molecule has 0 saturated carbocycles. The minimum Gasteiger partial charge on any atom is -0.478 e. The Labute approximate surface area is 345 Å². The van der Waals surface area contributed by atoms with Gasteiger partial charge in [0.15, 0.2) is 0 Å². The van der Waals surface area contributed by atoms with Gasteiger partial charge in [-0.05, 0) is 67.6 Å². The van der Waals surface area contributed by atoms with E-state index in [4.69, 9.17) is 37.4 Å². The van der Waals surface area contributed by atoms with Gasteiger partial charge in [0.25, 0.3) is 0 Å². The summed E-state index contributed by atoms with van der Waals surface area (Å²) in [4.78, 5) is 27.3. The van der Waals surface area contributed by atoms with Gasteiger partial charge in [-0.15, -0.1) is 30.0 Å². The summed E-state index contributed by atoms with van der Waals surface area (Å²) in [5, 5.41) is 28.7. The molecule has 8 rings (SSSR count). The summed E-state index contributed by atoms with van der Waals surface area (Å²) < 4.78 is 17.0. The van der Waals surface area contributed by atoms with Crippen LogP contribution in [0.2, 0.25) is 10.0 Å². The lowest BCUT2D eigenvalue weighted by molar-refractivity contribution is -0.154. The number of methoxy groups -OCH3 is 1. The van der Waals surface area contributed by atoms with Crippen molar-refractivity contribution in [2.45, 2.75) is 33.5 Å². The van der Waals surface area contributed by atoms with Crippen molar-refractivity contribution in [1.29, 1.82) is 0 Å². The predicted molar refractivity (Wildman–Crippen MR) is 225 cm³/mol. The summed E-state index contributed by atoms with van der Waals surface area (Å²) in [6.07, 6.45) is -0.934. The molecule has 2 unspecified atom stereocenters. The van der Waals surface area contributed by atoms with Gasteiger partial charge in [-0.3, -0.25) is 0 Å². The van der Waals surface area contributed by atoms with E-state index in [1.54, 1.807) is 72.8 Å². The van der Waals surface area contributed by atoms with Gasteiger partial charge in [-0.25, -0.2) is 9.59 Å². The number of carboxylic acid groups (broad SMARTS) is 1. The number of fused-ring (bicyclic) bond motifs is 2. The standard InChI is InChI=1S/2C21H16ClN3O3.2CH4/c1-21(20(26)27,14-7-3-2-4-8-14)28-19-12-11-15(22)13-18(19)25-23-16-9-5-6-10-17(16)24-25;1-27-21(26)20(14-7-3-2-4-8-14)28-19-12-11-15(22)13-18(19)25-23-16-9-5-6-10-17(16)24-25;;/h2-13H,1H3,(H,26,27);2-13,20H,1H3;2*1H4. The molecule has 0 saturated heterocycles. The summed E-state index contributed by atoms with van der Waals surface area (Å²) in [5.41, 5.74) is 3.45. The topological polar surface area (TPSA) is 143 Å². The largest absolute Gasteiger partial charge is 0.478 e. The van der Waals surface area contributed by atoms with E-state index in [-0.39, 0.29) is 14.9 Å². The minimum atomic E-state index is -1.60. The van der Waals surface area contributed by atoms with Crippen LogP contribution < -0.4 is 9.47 Å². The molecule has 0 fully saturated rings. The quantitative estimate of drug-likeness (QED) is 0.132. The Balaban J connectivity index is 0.000000214. The molecule has 296 valence electrons. The molecule has 0 bridgehead atoms. The van der Waals surface area contributed by atoms with Crippen LogP contribution in [0.15, 0.2) is 146 Å². The average molecular weight is 820 g/mol. The first-order valence-electron chi connectivity index (χ1n) is 17.1. The monoisotopic (exact) mass is 818 g/mol. The maximum absolute atomic E-state index is 12.4. The molecule has 8 aromatic rings. The Morgan fingerprint density at radius 2 is 1.03 bits per heavy atom. The number of aliphatic carboxylic acids is 1. The van der Waals surface area contributed by atoms with Crippen LogP contribution in [0.4, 0.5) is 0 Å². The zero-order valence-corrected chi connectivity index (χ0v) is 31.4. The smallest absolute Gasteiger partial charge is 0.352 e. The molecule has 0 aliphatic carbocycles. The van der Waals surface area contributed by atoms with Gasteiger partial charge >= 0.3 is 11.9 Å². The van der Waals surface area contributed by atoms with Crippen molar-refractivity contribution in [2.75, 3.05) is 7.11 Å². The van der Waals surface area contributed by atoms with Crippen LogP contribution in [0.3, 0.4) is 0 Å². The molecule has 0 amide bonds. The van der Waals surface area contributed by atoms with Gasteiger partial charge in [0.1, 0.15) is 44.9 Å². The predicted octanol–water partition coefficient (Wildman–Crippen LogP) is 10.1. The van der Waals surface area contributed by atoms with E-state index in [9.17, 15) is 14.7 Å². The third kappa shape index (κ3) is 9.10. The van der Waals surface area contributed by atoms with E-state index in [1.165, 1.54) is 23.6 Å².